The van der Waals surface area contributed by atoms with Gasteiger partial charge in [0.05, 0.1) is 17.1 Å². The lowest BCUT2D eigenvalue weighted by atomic mass is 10.1. The summed E-state index contributed by atoms with van der Waals surface area (Å²) in [6.45, 7) is 2.07. The van der Waals surface area contributed by atoms with Crippen LogP contribution < -0.4 is 10.6 Å². The number of thiocarbonyl (C=S) groups is 1. The minimum absolute atomic E-state index is 0.0472. The second kappa shape index (κ2) is 9.51. The number of nitrogens with one attached hydrogen (secondary N) is 2. The van der Waals surface area contributed by atoms with Crippen LogP contribution in [-0.4, -0.2) is 22.6 Å². The maximum atomic E-state index is 12.6. The Hall–Kier alpha value is -2.23. The van der Waals surface area contributed by atoms with E-state index in [0.717, 1.165) is 37.7 Å². The Balaban J connectivity index is 1.84. The van der Waals surface area contributed by atoms with Crippen molar-refractivity contribution in [3.63, 3.8) is 0 Å². The Kier molecular flexibility index (Phi) is 7.05. The number of benzene rings is 1. The van der Waals surface area contributed by atoms with Gasteiger partial charge >= 0.3 is 5.97 Å². The smallest absolute Gasteiger partial charge is 0.341 e. The molecule has 10 heteroatoms. The van der Waals surface area contributed by atoms with Gasteiger partial charge in [-0.3, -0.25) is 10.1 Å². The Morgan fingerprint density at radius 3 is 2.79 bits per heavy atom. The minimum atomic E-state index is -0.556. The maximum absolute atomic E-state index is 12.6. The predicted octanol–water partition coefficient (Wildman–Crippen LogP) is 5.56. The third kappa shape index (κ3) is 5.04. The molecule has 3 rings (SSSR count). The zero-order valence-electron chi connectivity index (χ0n) is 15.7. The lowest BCUT2D eigenvalue weighted by molar-refractivity contribution is -0.384. The molecule has 1 aromatic carbocycles. The summed E-state index contributed by atoms with van der Waals surface area (Å²) in [6.07, 6.45) is 5.03. The second-order valence-corrected chi connectivity index (χ2v) is 8.41. The molecule has 0 fully saturated rings. The van der Waals surface area contributed by atoms with Crippen molar-refractivity contribution in [1.82, 2.24) is 0 Å². The van der Waals surface area contributed by atoms with Crippen LogP contribution >= 0.6 is 35.2 Å². The van der Waals surface area contributed by atoms with Crippen molar-refractivity contribution in [2.45, 2.75) is 39.0 Å². The van der Waals surface area contributed by atoms with Crippen LogP contribution in [0.15, 0.2) is 18.2 Å². The number of carbonyl (C=O) groups is 1. The van der Waals surface area contributed by atoms with E-state index in [4.69, 9.17) is 28.6 Å². The van der Waals surface area contributed by atoms with E-state index < -0.39 is 4.92 Å². The minimum Gasteiger partial charge on any atom is -0.462 e. The van der Waals surface area contributed by atoms with Gasteiger partial charge in [0.15, 0.2) is 5.11 Å². The van der Waals surface area contributed by atoms with Crippen LogP contribution in [0.4, 0.5) is 16.4 Å². The fourth-order valence-corrected chi connectivity index (χ4v) is 5.00. The van der Waals surface area contributed by atoms with E-state index in [1.165, 1.54) is 28.3 Å². The number of ether oxygens (including phenoxy) is 1. The molecule has 0 saturated carbocycles. The van der Waals surface area contributed by atoms with Crippen LogP contribution in [0.2, 0.25) is 5.02 Å². The maximum Gasteiger partial charge on any atom is 0.341 e. The van der Waals surface area contributed by atoms with Crippen molar-refractivity contribution in [1.29, 1.82) is 0 Å². The van der Waals surface area contributed by atoms with E-state index >= 15 is 0 Å². The first-order chi connectivity index (χ1) is 13.9. The number of hydrogen-bond donors (Lipinski definition) is 2. The highest BCUT2D eigenvalue weighted by atomic mass is 35.5. The number of fused-ring (bicyclic) bond motifs is 1. The van der Waals surface area contributed by atoms with Crippen LogP contribution in [0.1, 0.15) is 47.0 Å². The SMILES string of the molecule is CCOC(=O)c1c(NC(=S)Nc2ccc(Cl)c([N+](=O)[O-])c2)sc2c1CCCCC2. The number of anilines is 2. The summed E-state index contributed by atoms with van der Waals surface area (Å²) in [5, 5.41) is 18.0. The van der Waals surface area contributed by atoms with E-state index in [1.54, 1.807) is 13.0 Å². The number of thiophene rings is 1. The van der Waals surface area contributed by atoms with Crippen molar-refractivity contribution in [2.75, 3.05) is 17.2 Å². The normalized spacial score (nSPS) is 13.2. The molecule has 2 aromatic rings. The Bertz CT molecular complexity index is 961. The number of halogens is 1. The van der Waals surface area contributed by atoms with E-state index in [2.05, 4.69) is 10.6 Å². The number of aryl methyl sites for hydroxylation is 1. The van der Waals surface area contributed by atoms with Crippen molar-refractivity contribution < 1.29 is 14.5 Å². The topological polar surface area (TPSA) is 93.5 Å². The van der Waals surface area contributed by atoms with Gasteiger partial charge in [0.2, 0.25) is 0 Å². The first-order valence-electron chi connectivity index (χ1n) is 9.24. The molecule has 1 aromatic heterocycles. The van der Waals surface area contributed by atoms with Gasteiger partial charge in [-0.15, -0.1) is 11.3 Å². The highest BCUT2D eigenvalue weighted by Gasteiger charge is 2.26. The van der Waals surface area contributed by atoms with Crippen LogP contribution in [0.5, 0.6) is 0 Å². The highest BCUT2D eigenvalue weighted by Crippen LogP contribution is 2.38. The van der Waals surface area contributed by atoms with E-state index in [0.29, 0.717) is 22.9 Å². The number of nitrogens with zero attached hydrogens (tertiary/aromatic N) is 1. The lowest BCUT2D eigenvalue weighted by Gasteiger charge is -2.12. The third-order valence-electron chi connectivity index (χ3n) is 4.53. The zero-order chi connectivity index (χ0) is 21.0. The van der Waals surface area contributed by atoms with E-state index in [-0.39, 0.29) is 21.8 Å². The largest absolute Gasteiger partial charge is 0.462 e. The third-order valence-corrected chi connectivity index (χ3v) is 6.26. The molecule has 0 saturated heterocycles. The highest BCUT2D eigenvalue weighted by molar-refractivity contribution is 7.80. The van der Waals surface area contributed by atoms with Gasteiger partial charge in [0.1, 0.15) is 10.0 Å². The molecule has 0 spiro atoms. The molecule has 1 heterocycles. The van der Waals surface area contributed by atoms with Gasteiger partial charge in [-0.1, -0.05) is 18.0 Å². The van der Waals surface area contributed by atoms with E-state index in [9.17, 15) is 14.9 Å². The monoisotopic (exact) mass is 453 g/mol. The molecule has 7 nitrogen and oxygen atoms in total. The van der Waals surface area contributed by atoms with Crippen molar-refractivity contribution in [3.05, 3.63) is 49.3 Å². The van der Waals surface area contributed by atoms with E-state index in [1.807, 2.05) is 0 Å². The van der Waals surface area contributed by atoms with Crippen molar-refractivity contribution in [3.8, 4) is 0 Å². The molecule has 0 amide bonds. The zero-order valence-corrected chi connectivity index (χ0v) is 18.1. The summed E-state index contributed by atoms with van der Waals surface area (Å²) in [5.74, 6) is -0.362. The fraction of sp³-hybridized carbons (Fsp3) is 0.368. The first kappa shape index (κ1) is 21.5. The van der Waals surface area contributed by atoms with Gasteiger partial charge in [0, 0.05) is 16.6 Å². The molecule has 0 unspecified atom stereocenters. The van der Waals surface area contributed by atoms with Gasteiger partial charge < -0.3 is 15.4 Å². The average Bonchev–Trinajstić information content (AvgIpc) is 2.83. The Labute approximate surface area is 182 Å². The number of nitro benzene ring substituents is 1. The van der Waals surface area contributed by atoms with Crippen LogP contribution in [0.25, 0.3) is 0 Å². The fourth-order valence-electron chi connectivity index (χ4n) is 3.25. The van der Waals surface area contributed by atoms with Gasteiger partial charge in [0.25, 0.3) is 5.69 Å². The Morgan fingerprint density at radius 2 is 2.07 bits per heavy atom. The number of esters is 1. The summed E-state index contributed by atoms with van der Waals surface area (Å²) in [5.41, 5.74) is 1.79. The standard InChI is InChI=1S/C19H20ClN3O4S2/c1-2-27-18(24)16-12-6-4-3-5-7-15(12)29-17(16)22-19(28)21-11-8-9-13(20)14(10-11)23(25)26/h8-10H,2-7H2,1H3,(H2,21,22,28). The molecule has 1 aliphatic rings. The predicted molar refractivity (Wildman–Crippen MR) is 119 cm³/mol. The molecule has 0 aliphatic heterocycles. The quantitative estimate of drug-likeness (QED) is 0.201. The lowest BCUT2D eigenvalue weighted by Crippen LogP contribution is -2.20. The molecule has 1 aliphatic carbocycles. The second-order valence-electron chi connectivity index (χ2n) is 6.49. The van der Waals surface area contributed by atoms with Crippen molar-refractivity contribution in [2.24, 2.45) is 0 Å². The van der Waals surface area contributed by atoms with Gasteiger partial charge in [-0.25, -0.2) is 4.79 Å². The van der Waals surface area contributed by atoms with Crippen LogP contribution in [0.3, 0.4) is 0 Å². The molecule has 29 heavy (non-hydrogen) atoms. The molecular weight excluding hydrogens is 434 g/mol. The summed E-state index contributed by atoms with van der Waals surface area (Å²) < 4.78 is 5.26. The number of rotatable bonds is 5. The van der Waals surface area contributed by atoms with Gasteiger partial charge in [-0.2, -0.15) is 0 Å². The van der Waals surface area contributed by atoms with Crippen molar-refractivity contribution >= 4 is 62.6 Å². The average molecular weight is 454 g/mol. The molecule has 0 radical (unpaired) electrons. The molecule has 154 valence electrons. The number of carbonyl (C=O) groups excluding carboxylic acids is 1. The molecule has 0 bridgehead atoms. The Morgan fingerprint density at radius 1 is 1.31 bits per heavy atom. The van der Waals surface area contributed by atoms with Crippen LogP contribution in [0, 0.1) is 10.1 Å². The van der Waals surface area contributed by atoms with Crippen LogP contribution in [-0.2, 0) is 17.6 Å². The number of nitro groups is 1. The molecule has 0 atom stereocenters. The molecular formula is C19H20ClN3O4S2. The summed E-state index contributed by atoms with van der Waals surface area (Å²) in [6, 6.07) is 4.34. The van der Waals surface area contributed by atoms with Gasteiger partial charge in [-0.05, 0) is 62.5 Å². The summed E-state index contributed by atoms with van der Waals surface area (Å²) in [7, 11) is 0. The summed E-state index contributed by atoms with van der Waals surface area (Å²) in [4.78, 5) is 24.3. The number of hydrogen-bond acceptors (Lipinski definition) is 6. The molecule has 2 N–H and O–H groups in total. The summed E-state index contributed by atoms with van der Waals surface area (Å²) >= 11 is 12.7. The first-order valence-corrected chi connectivity index (χ1v) is 10.8.